The average Bonchev–Trinajstić information content (AvgIpc) is 2.82. The Labute approximate surface area is 215 Å². The maximum atomic E-state index is 12.9. The predicted molar refractivity (Wildman–Crippen MR) is 135 cm³/mol. The van der Waals surface area contributed by atoms with Crippen LogP contribution in [0.5, 0.6) is 11.5 Å². The number of ether oxygens (including phenoxy) is 1. The summed E-state index contributed by atoms with van der Waals surface area (Å²) >= 11 is 0. The monoisotopic (exact) mass is 536 g/mol. The number of piperidine rings is 1. The van der Waals surface area contributed by atoms with Crippen LogP contribution in [0.2, 0.25) is 0 Å². The van der Waals surface area contributed by atoms with Gasteiger partial charge in [0.2, 0.25) is 0 Å². The smallest absolute Gasteiger partial charge is 0.508 e. The minimum Gasteiger partial charge on any atom is -0.508 e. The van der Waals surface area contributed by atoms with Gasteiger partial charge in [-0.1, -0.05) is 22.9 Å². The first-order chi connectivity index (χ1) is 17.6. The van der Waals surface area contributed by atoms with E-state index in [9.17, 15) is 29.0 Å². The first-order valence-corrected chi connectivity index (χ1v) is 13.7. The topological polar surface area (TPSA) is 155 Å². The molecular weight excluding hydrogens is 503 g/mol. The lowest BCUT2D eigenvalue weighted by molar-refractivity contribution is -0.137. The number of phenols is 1. The second-order valence-electron chi connectivity index (χ2n) is 8.96. The van der Waals surface area contributed by atoms with Crippen molar-refractivity contribution in [3.05, 3.63) is 47.1 Å². The van der Waals surface area contributed by atoms with Crippen molar-refractivity contribution in [1.29, 1.82) is 0 Å². The fourth-order valence-electron chi connectivity index (χ4n) is 4.13. The van der Waals surface area contributed by atoms with Gasteiger partial charge >= 0.3 is 13.8 Å². The van der Waals surface area contributed by atoms with E-state index in [0.717, 1.165) is 43.7 Å². The molecule has 11 nitrogen and oxygen atoms in total. The van der Waals surface area contributed by atoms with Crippen LogP contribution in [0.15, 0.2) is 41.1 Å². The molecule has 0 saturated carbocycles. The molecule has 0 bridgehead atoms. The number of hydrogen-bond donors (Lipinski definition) is 3. The van der Waals surface area contributed by atoms with Crippen molar-refractivity contribution in [2.45, 2.75) is 51.9 Å². The number of likely N-dealkylation sites (tertiary alicyclic amines) is 1. The molecule has 2 aliphatic heterocycles. The molecule has 202 valence electrons. The molecule has 0 unspecified atom stereocenters. The standard InChI is InChI=1S/C25H33N2O9P/c1-18-9-5-2-3-8-12-34-25(30)24-19(15-21(28)16-22(24)36-37(31,32)33)14-20(13-18)26-35-17-23(29)27-10-6-4-7-11-27/h2-3,13,15-16,28H,4-12,14,17H2,1H3,(H2,31,32,33)/b3-2+,18-13+,26-20?. The average molecular weight is 537 g/mol. The van der Waals surface area contributed by atoms with Crippen LogP contribution in [0.25, 0.3) is 0 Å². The van der Waals surface area contributed by atoms with Gasteiger partial charge in [0.25, 0.3) is 5.91 Å². The summed E-state index contributed by atoms with van der Waals surface area (Å²) in [6.07, 6.45) is 10.5. The molecular formula is C25H33N2O9P. The summed E-state index contributed by atoms with van der Waals surface area (Å²) in [5.41, 5.74) is 1.22. The van der Waals surface area contributed by atoms with Gasteiger partial charge in [-0.3, -0.25) is 14.6 Å². The number of carbonyl (C=O) groups is 2. The number of allylic oxidation sites excluding steroid dienone is 3. The number of phenolic OH excluding ortho intramolecular Hbond substituents is 1. The Morgan fingerprint density at radius 3 is 2.62 bits per heavy atom. The minimum atomic E-state index is -5.06. The molecule has 37 heavy (non-hydrogen) atoms. The van der Waals surface area contributed by atoms with E-state index in [1.54, 1.807) is 11.0 Å². The molecule has 3 N–H and O–H groups in total. The zero-order valence-electron chi connectivity index (χ0n) is 20.8. The quantitative estimate of drug-likeness (QED) is 0.221. The minimum absolute atomic E-state index is 0.0441. The molecule has 0 aromatic heterocycles. The van der Waals surface area contributed by atoms with Crippen molar-refractivity contribution >= 4 is 25.4 Å². The summed E-state index contributed by atoms with van der Waals surface area (Å²) in [6, 6.07) is 2.21. The lowest BCUT2D eigenvalue weighted by Gasteiger charge is -2.26. The number of hydrogen-bond acceptors (Lipinski definition) is 8. The second-order valence-corrected chi connectivity index (χ2v) is 10.1. The lowest BCUT2D eigenvalue weighted by Crippen LogP contribution is -2.37. The Bertz CT molecular complexity index is 1120. The number of phosphoric ester groups is 1. The molecule has 1 aromatic carbocycles. The van der Waals surface area contributed by atoms with Crippen LogP contribution in [0, 0.1) is 0 Å². The third-order valence-corrected chi connectivity index (χ3v) is 6.28. The summed E-state index contributed by atoms with van der Waals surface area (Å²) in [7, 11) is -5.06. The van der Waals surface area contributed by atoms with Gasteiger partial charge in [-0.15, -0.1) is 0 Å². The number of fused-ring (bicyclic) bond motifs is 1. The van der Waals surface area contributed by atoms with E-state index >= 15 is 0 Å². The normalized spacial score (nSPS) is 21.2. The second kappa shape index (κ2) is 13.4. The number of amides is 1. The van der Waals surface area contributed by atoms with E-state index in [4.69, 9.17) is 14.1 Å². The maximum Gasteiger partial charge on any atom is 0.524 e. The van der Waals surface area contributed by atoms with Crippen LogP contribution in [0.3, 0.4) is 0 Å². The predicted octanol–water partition coefficient (Wildman–Crippen LogP) is 3.63. The summed E-state index contributed by atoms with van der Waals surface area (Å²) in [5.74, 6) is -1.93. The van der Waals surface area contributed by atoms with Gasteiger partial charge in [0.1, 0.15) is 17.1 Å². The van der Waals surface area contributed by atoms with E-state index in [1.165, 1.54) is 6.07 Å². The van der Waals surface area contributed by atoms with Crippen molar-refractivity contribution in [3.63, 3.8) is 0 Å². The number of carbonyl (C=O) groups excluding carboxylic acids is 2. The summed E-state index contributed by atoms with van der Waals surface area (Å²) in [4.78, 5) is 51.2. The van der Waals surface area contributed by atoms with Crippen LogP contribution in [0.4, 0.5) is 0 Å². The largest absolute Gasteiger partial charge is 0.524 e. The van der Waals surface area contributed by atoms with Crippen LogP contribution in [-0.4, -0.2) is 63.7 Å². The van der Waals surface area contributed by atoms with Crippen molar-refractivity contribution in [3.8, 4) is 11.5 Å². The molecule has 12 heteroatoms. The van der Waals surface area contributed by atoms with Crippen LogP contribution in [0.1, 0.15) is 61.4 Å². The Morgan fingerprint density at radius 2 is 1.89 bits per heavy atom. The van der Waals surface area contributed by atoms with Crippen LogP contribution >= 0.6 is 7.82 Å². The third kappa shape index (κ3) is 9.35. The van der Waals surface area contributed by atoms with Crippen molar-refractivity contribution < 1.29 is 43.1 Å². The van der Waals surface area contributed by atoms with Gasteiger partial charge in [-0.05, 0) is 63.2 Å². The number of aromatic hydroxyl groups is 1. The highest BCUT2D eigenvalue weighted by atomic mass is 31.2. The third-order valence-electron chi connectivity index (χ3n) is 5.84. The number of esters is 1. The number of oxime groups is 1. The Morgan fingerprint density at radius 1 is 1.16 bits per heavy atom. The number of benzene rings is 1. The van der Waals surface area contributed by atoms with Gasteiger partial charge in [-0.25, -0.2) is 9.36 Å². The van der Waals surface area contributed by atoms with Gasteiger partial charge in [0, 0.05) is 25.6 Å². The lowest BCUT2D eigenvalue weighted by atomic mass is 9.98. The Balaban J connectivity index is 1.95. The Hall–Kier alpha value is -3.14. The molecule has 1 fully saturated rings. The summed E-state index contributed by atoms with van der Waals surface area (Å²) in [6.45, 7) is 3.07. The first kappa shape index (κ1) is 28.4. The molecule has 1 aromatic rings. The number of cyclic esters (lactones) is 1. The molecule has 3 rings (SSSR count). The van der Waals surface area contributed by atoms with E-state index in [-0.39, 0.29) is 42.4 Å². The molecule has 2 aliphatic rings. The van der Waals surface area contributed by atoms with Gasteiger partial charge < -0.3 is 24.1 Å². The fourth-order valence-corrected chi connectivity index (χ4v) is 4.53. The molecule has 1 amide bonds. The van der Waals surface area contributed by atoms with E-state index in [0.29, 0.717) is 25.2 Å². The van der Waals surface area contributed by atoms with Crippen molar-refractivity contribution in [2.75, 3.05) is 26.3 Å². The zero-order chi connectivity index (χ0) is 26.8. The van der Waals surface area contributed by atoms with E-state index in [1.807, 2.05) is 19.1 Å². The van der Waals surface area contributed by atoms with Crippen molar-refractivity contribution in [1.82, 2.24) is 4.90 Å². The highest BCUT2D eigenvalue weighted by Crippen LogP contribution is 2.42. The molecule has 2 heterocycles. The van der Waals surface area contributed by atoms with E-state index in [2.05, 4.69) is 5.16 Å². The maximum absolute atomic E-state index is 12.9. The molecule has 0 spiro atoms. The van der Waals surface area contributed by atoms with Gasteiger partial charge in [-0.2, -0.15) is 0 Å². The Kier molecular flexibility index (Phi) is 10.3. The zero-order valence-corrected chi connectivity index (χ0v) is 21.7. The summed E-state index contributed by atoms with van der Waals surface area (Å²) in [5, 5.41) is 14.4. The molecule has 0 atom stereocenters. The summed E-state index contributed by atoms with van der Waals surface area (Å²) < 4.78 is 21.6. The highest BCUT2D eigenvalue weighted by Gasteiger charge is 2.27. The van der Waals surface area contributed by atoms with E-state index < -0.39 is 19.5 Å². The first-order valence-electron chi connectivity index (χ1n) is 12.2. The fraction of sp³-hybridized carbons (Fsp3) is 0.480. The number of nitrogens with zero attached hydrogens (tertiary/aromatic N) is 2. The molecule has 1 saturated heterocycles. The molecule has 0 radical (unpaired) electrons. The highest BCUT2D eigenvalue weighted by molar-refractivity contribution is 7.46. The number of phosphoric acid groups is 1. The van der Waals surface area contributed by atoms with Crippen molar-refractivity contribution in [2.24, 2.45) is 5.16 Å². The molecule has 0 aliphatic carbocycles. The van der Waals surface area contributed by atoms with Gasteiger partial charge in [0.15, 0.2) is 6.61 Å². The van der Waals surface area contributed by atoms with Gasteiger partial charge in [0.05, 0.1) is 12.3 Å². The van der Waals surface area contributed by atoms with Crippen LogP contribution in [-0.2, 0) is 25.4 Å². The number of rotatable bonds is 5. The SMILES string of the molecule is C/C1=C\C(=NOCC(=O)N2CCCCC2)Cc2cc(O)cc(OP(=O)(O)O)c2C(=O)OCC/C=C/CC1. The van der Waals surface area contributed by atoms with Crippen LogP contribution < -0.4 is 4.52 Å².